The maximum absolute atomic E-state index is 13.5. The molecular weight excluding hydrogens is 445 g/mol. The lowest BCUT2D eigenvalue weighted by atomic mass is 10.1. The predicted molar refractivity (Wildman–Crippen MR) is 121 cm³/mol. The monoisotopic (exact) mass is 466 g/mol. The first-order valence-electron chi connectivity index (χ1n) is 9.66. The Kier molecular flexibility index (Phi) is 7.56. The largest absolute Gasteiger partial charge is 0.418 e. The number of aromatic nitrogens is 2. The number of alkyl halides is 3. The number of hydrogen-bond donors (Lipinski definition) is 1. The first kappa shape index (κ1) is 23.1. The second kappa shape index (κ2) is 10.2. The number of nitrogens with zero attached hydrogens (tertiary/aromatic N) is 3. The fraction of sp³-hybridized carbons (Fsp3) is 0.273. The zero-order chi connectivity index (χ0) is 22.4. The van der Waals surface area contributed by atoms with Crippen LogP contribution in [0.4, 0.5) is 18.9 Å². The Balaban J connectivity index is 1.77. The second-order valence-electron chi connectivity index (χ2n) is 7.18. The van der Waals surface area contributed by atoms with E-state index in [1.165, 1.54) is 12.1 Å². The highest BCUT2D eigenvalue weighted by atomic mass is 35.5. The Labute approximate surface area is 189 Å². The standard InChI is InChI=1S/C22H22ClF3N4S/c1-16-3-5-17(6-4-16)14-30(11-2-10-29-12-9-27-15-29)21(31)28-20-8-7-18(23)13-19(20)22(24,25)26/h3-9,12-13,15H,2,10-11,14H2,1H3,(H,28,31). The van der Waals surface area contributed by atoms with Crippen molar-refractivity contribution in [3.8, 4) is 0 Å². The number of halogens is 4. The van der Waals surface area contributed by atoms with Gasteiger partial charge in [-0.2, -0.15) is 13.2 Å². The molecule has 1 heterocycles. The molecule has 2 aromatic carbocycles. The average molecular weight is 467 g/mol. The maximum Gasteiger partial charge on any atom is 0.418 e. The highest BCUT2D eigenvalue weighted by molar-refractivity contribution is 7.80. The number of anilines is 1. The molecule has 9 heteroatoms. The minimum Gasteiger partial charge on any atom is -0.345 e. The third kappa shape index (κ3) is 6.70. The van der Waals surface area contributed by atoms with Crippen LogP contribution in [0.15, 0.2) is 61.2 Å². The normalized spacial score (nSPS) is 11.4. The van der Waals surface area contributed by atoms with Crippen molar-refractivity contribution in [3.05, 3.63) is 82.9 Å². The fourth-order valence-corrected chi connectivity index (χ4v) is 3.52. The van der Waals surface area contributed by atoms with Crippen LogP contribution in [0.5, 0.6) is 0 Å². The van der Waals surface area contributed by atoms with Crippen LogP contribution in [0.3, 0.4) is 0 Å². The number of thiocarbonyl (C=S) groups is 1. The number of imidazole rings is 1. The van der Waals surface area contributed by atoms with E-state index in [2.05, 4.69) is 10.3 Å². The van der Waals surface area contributed by atoms with Gasteiger partial charge in [0.2, 0.25) is 0 Å². The van der Waals surface area contributed by atoms with Gasteiger partial charge < -0.3 is 14.8 Å². The van der Waals surface area contributed by atoms with Crippen LogP contribution < -0.4 is 5.32 Å². The summed E-state index contributed by atoms with van der Waals surface area (Å²) in [6, 6.07) is 11.6. The highest BCUT2D eigenvalue weighted by Gasteiger charge is 2.34. The molecule has 0 unspecified atom stereocenters. The van der Waals surface area contributed by atoms with Crippen molar-refractivity contribution in [2.45, 2.75) is 32.6 Å². The lowest BCUT2D eigenvalue weighted by Crippen LogP contribution is -2.36. The van der Waals surface area contributed by atoms with Crippen LogP contribution in [0, 0.1) is 6.92 Å². The molecule has 164 valence electrons. The SMILES string of the molecule is Cc1ccc(CN(CCCn2ccnc2)C(=S)Nc2ccc(Cl)cc2C(F)(F)F)cc1. The molecule has 0 saturated carbocycles. The molecule has 1 N–H and O–H groups in total. The molecule has 0 atom stereocenters. The van der Waals surface area contributed by atoms with E-state index >= 15 is 0 Å². The van der Waals surface area contributed by atoms with Crippen LogP contribution in [0.25, 0.3) is 0 Å². The average Bonchev–Trinajstić information content (AvgIpc) is 3.23. The summed E-state index contributed by atoms with van der Waals surface area (Å²) in [5.41, 5.74) is 1.18. The maximum atomic E-state index is 13.5. The summed E-state index contributed by atoms with van der Waals surface area (Å²) in [5, 5.41) is 3.02. The molecule has 0 aliphatic carbocycles. The Morgan fingerprint density at radius 2 is 1.94 bits per heavy atom. The van der Waals surface area contributed by atoms with E-state index in [1.807, 2.05) is 46.9 Å². The molecule has 3 aromatic rings. The van der Waals surface area contributed by atoms with Crippen molar-refractivity contribution < 1.29 is 13.2 Å². The zero-order valence-electron chi connectivity index (χ0n) is 16.9. The first-order valence-corrected chi connectivity index (χ1v) is 10.4. The predicted octanol–water partition coefficient (Wildman–Crippen LogP) is 6.15. The Morgan fingerprint density at radius 1 is 1.19 bits per heavy atom. The third-order valence-electron chi connectivity index (χ3n) is 4.71. The molecule has 0 saturated heterocycles. The van der Waals surface area contributed by atoms with E-state index in [0.717, 1.165) is 30.2 Å². The van der Waals surface area contributed by atoms with E-state index in [0.29, 0.717) is 13.1 Å². The smallest absolute Gasteiger partial charge is 0.345 e. The molecular formula is C22H22ClF3N4S. The second-order valence-corrected chi connectivity index (χ2v) is 8.00. The van der Waals surface area contributed by atoms with Gasteiger partial charge in [-0.05, 0) is 49.3 Å². The lowest BCUT2D eigenvalue weighted by Gasteiger charge is -2.27. The van der Waals surface area contributed by atoms with Gasteiger partial charge in [-0.3, -0.25) is 0 Å². The molecule has 1 aromatic heterocycles. The Hall–Kier alpha value is -2.58. The molecule has 0 spiro atoms. The van der Waals surface area contributed by atoms with Gasteiger partial charge in [-0.1, -0.05) is 41.4 Å². The van der Waals surface area contributed by atoms with Gasteiger partial charge in [-0.15, -0.1) is 0 Å². The quantitative estimate of drug-likeness (QED) is 0.423. The molecule has 0 radical (unpaired) electrons. The highest BCUT2D eigenvalue weighted by Crippen LogP contribution is 2.36. The summed E-state index contributed by atoms with van der Waals surface area (Å²) >= 11 is 11.3. The molecule has 3 rings (SSSR count). The number of nitrogens with one attached hydrogen (secondary N) is 1. The summed E-state index contributed by atoms with van der Waals surface area (Å²) in [6.45, 7) is 3.76. The summed E-state index contributed by atoms with van der Waals surface area (Å²) in [5.74, 6) is 0. The minimum absolute atomic E-state index is 0.0145. The minimum atomic E-state index is -4.55. The van der Waals surface area contributed by atoms with Gasteiger partial charge in [0, 0.05) is 37.1 Å². The topological polar surface area (TPSA) is 33.1 Å². The van der Waals surface area contributed by atoms with Gasteiger partial charge >= 0.3 is 6.18 Å². The molecule has 0 aliphatic rings. The Bertz CT molecular complexity index is 1000. The number of hydrogen-bond acceptors (Lipinski definition) is 2. The van der Waals surface area contributed by atoms with E-state index in [4.69, 9.17) is 23.8 Å². The van der Waals surface area contributed by atoms with Crippen LogP contribution in [0.2, 0.25) is 5.02 Å². The fourth-order valence-electron chi connectivity index (χ4n) is 3.08. The molecule has 0 fully saturated rings. The van der Waals surface area contributed by atoms with Crippen LogP contribution in [0.1, 0.15) is 23.1 Å². The number of rotatable bonds is 7. The van der Waals surface area contributed by atoms with Crippen molar-refractivity contribution in [2.75, 3.05) is 11.9 Å². The number of benzene rings is 2. The van der Waals surface area contributed by atoms with Gasteiger partial charge in [-0.25, -0.2) is 4.98 Å². The van der Waals surface area contributed by atoms with Gasteiger partial charge in [0.1, 0.15) is 0 Å². The van der Waals surface area contributed by atoms with Crippen molar-refractivity contribution in [2.24, 2.45) is 0 Å². The lowest BCUT2D eigenvalue weighted by molar-refractivity contribution is -0.136. The van der Waals surface area contributed by atoms with Crippen molar-refractivity contribution in [1.82, 2.24) is 14.5 Å². The van der Waals surface area contributed by atoms with E-state index in [9.17, 15) is 13.2 Å². The summed E-state index contributed by atoms with van der Waals surface area (Å²) in [6.07, 6.45) is 1.49. The molecule has 0 amide bonds. The molecule has 0 bridgehead atoms. The summed E-state index contributed by atoms with van der Waals surface area (Å²) < 4.78 is 42.3. The number of aryl methyl sites for hydroxylation is 2. The molecule has 4 nitrogen and oxygen atoms in total. The molecule has 31 heavy (non-hydrogen) atoms. The molecule has 0 aliphatic heterocycles. The van der Waals surface area contributed by atoms with Crippen LogP contribution in [-0.4, -0.2) is 26.1 Å². The third-order valence-corrected chi connectivity index (χ3v) is 5.31. The van der Waals surface area contributed by atoms with E-state index in [1.54, 1.807) is 12.5 Å². The summed E-state index contributed by atoms with van der Waals surface area (Å²) in [4.78, 5) is 5.89. The van der Waals surface area contributed by atoms with Crippen LogP contribution >= 0.6 is 23.8 Å². The van der Waals surface area contributed by atoms with Gasteiger partial charge in [0.15, 0.2) is 5.11 Å². The van der Waals surface area contributed by atoms with Crippen molar-refractivity contribution >= 4 is 34.6 Å². The van der Waals surface area contributed by atoms with Crippen molar-refractivity contribution in [3.63, 3.8) is 0 Å². The van der Waals surface area contributed by atoms with Gasteiger partial charge in [0.25, 0.3) is 0 Å². The van der Waals surface area contributed by atoms with Crippen LogP contribution in [-0.2, 0) is 19.3 Å². The van der Waals surface area contributed by atoms with E-state index < -0.39 is 11.7 Å². The first-order chi connectivity index (χ1) is 14.7. The van der Waals surface area contributed by atoms with Crippen molar-refractivity contribution in [1.29, 1.82) is 0 Å². The zero-order valence-corrected chi connectivity index (χ0v) is 18.4. The summed E-state index contributed by atoms with van der Waals surface area (Å²) in [7, 11) is 0. The van der Waals surface area contributed by atoms with Gasteiger partial charge in [0.05, 0.1) is 17.6 Å². The Morgan fingerprint density at radius 3 is 2.58 bits per heavy atom. The van der Waals surface area contributed by atoms with E-state index in [-0.39, 0.29) is 15.8 Å².